The maximum absolute atomic E-state index is 5.38. The monoisotopic (exact) mass is 234 g/mol. The SMILES string of the molecule is C1CCOCOCCOCCOCCOC1. The molecule has 0 unspecified atom stereocenters. The van der Waals surface area contributed by atoms with E-state index < -0.39 is 0 Å². The van der Waals surface area contributed by atoms with E-state index in [1.807, 2.05) is 0 Å². The van der Waals surface area contributed by atoms with Crippen molar-refractivity contribution in [2.75, 3.05) is 59.6 Å². The first-order valence-electron chi connectivity index (χ1n) is 5.89. The van der Waals surface area contributed by atoms with Crippen LogP contribution in [0.2, 0.25) is 0 Å². The van der Waals surface area contributed by atoms with Crippen molar-refractivity contribution in [2.24, 2.45) is 0 Å². The lowest BCUT2D eigenvalue weighted by Gasteiger charge is -2.09. The Kier molecular flexibility index (Phi) is 9.78. The molecule has 96 valence electrons. The van der Waals surface area contributed by atoms with Gasteiger partial charge in [0.15, 0.2) is 0 Å². The van der Waals surface area contributed by atoms with Gasteiger partial charge in [-0.1, -0.05) is 0 Å². The average Bonchev–Trinajstić information content (AvgIpc) is 2.29. The summed E-state index contributed by atoms with van der Waals surface area (Å²) >= 11 is 0. The van der Waals surface area contributed by atoms with E-state index in [2.05, 4.69) is 0 Å². The van der Waals surface area contributed by atoms with E-state index in [1.54, 1.807) is 0 Å². The zero-order valence-corrected chi connectivity index (χ0v) is 9.82. The van der Waals surface area contributed by atoms with Crippen molar-refractivity contribution in [3.8, 4) is 0 Å². The van der Waals surface area contributed by atoms with E-state index >= 15 is 0 Å². The molecule has 0 aliphatic carbocycles. The molecule has 0 atom stereocenters. The predicted octanol–water partition coefficient (Wildman–Crippen LogP) is 0.821. The van der Waals surface area contributed by atoms with Gasteiger partial charge in [-0.2, -0.15) is 0 Å². The van der Waals surface area contributed by atoms with Gasteiger partial charge in [-0.25, -0.2) is 0 Å². The molecule has 0 aromatic carbocycles. The molecule has 0 amide bonds. The Morgan fingerprint density at radius 1 is 0.375 bits per heavy atom. The van der Waals surface area contributed by atoms with Crippen LogP contribution >= 0.6 is 0 Å². The lowest BCUT2D eigenvalue weighted by atomic mass is 10.3. The van der Waals surface area contributed by atoms with Crippen molar-refractivity contribution in [1.82, 2.24) is 0 Å². The fraction of sp³-hybridized carbons (Fsp3) is 1.00. The van der Waals surface area contributed by atoms with Crippen molar-refractivity contribution in [3.05, 3.63) is 0 Å². The molecule has 1 saturated heterocycles. The van der Waals surface area contributed by atoms with Gasteiger partial charge in [0.1, 0.15) is 6.79 Å². The molecular weight excluding hydrogens is 212 g/mol. The quantitative estimate of drug-likeness (QED) is 0.621. The third-order valence-electron chi connectivity index (χ3n) is 2.11. The lowest BCUT2D eigenvalue weighted by molar-refractivity contribution is -0.0762. The highest BCUT2D eigenvalue weighted by molar-refractivity contribution is 4.39. The Bertz CT molecular complexity index is 78.3. The summed E-state index contributed by atoms with van der Waals surface area (Å²) in [6, 6.07) is 0. The summed E-state index contributed by atoms with van der Waals surface area (Å²) in [7, 11) is 0. The Morgan fingerprint density at radius 3 is 1.38 bits per heavy atom. The van der Waals surface area contributed by atoms with Gasteiger partial charge in [-0.15, -0.1) is 0 Å². The fourth-order valence-electron chi connectivity index (χ4n) is 1.24. The molecule has 0 aromatic heterocycles. The summed E-state index contributed by atoms with van der Waals surface area (Å²) in [5.41, 5.74) is 0. The molecule has 1 heterocycles. The van der Waals surface area contributed by atoms with Crippen LogP contribution in [0.15, 0.2) is 0 Å². The van der Waals surface area contributed by atoms with E-state index in [0.29, 0.717) is 46.4 Å². The van der Waals surface area contributed by atoms with Gasteiger partial charge in [-0.05, 0) is 12.8 Å². The maximum Gasteiger partial charge on any atom is 0.146 e. The molecule has 0 saturated carbocycles. The molecule has 0 radical (unpaired) electrons. The van der Waals surface area contributed by atoms with Crippen molar-refractivity contribution in [2.45, 2.75) is 12.8 Å². The molecule has 0 aromatic rings. The standard InChI is InChI=1S/C11H22O5/c1-2-4-15-11-16-10-9-14-8-7-13-6-5-12-3-1/h1-11H2. The number of hydrogen-bond acceptors (Lipinski definition) is 5. The number of hydrogen-bond donors (Lipinski definition) is 0. The van der Waals surface area contributed by atoms with Crippen molar-refractivity contribution < 1.29 is 23.7 Å². The van der Waals surface area contributed by atoms with Crippen LogP contribution in [-0.4, -0.2) is 59.6 Å². The van der Waals surface area contributed by atoms with E-state index in [4.69, 9.17) is 23.7 Å². The van der Waals surface area contributed by atoms with Gasteiger partial charge >= 0.3 is 0 Å². The van der Waals surface area contributed by atoms with Crippen molar-refractivity contribution in [3.63, 3.8) is 0 Å². The summed E-state index contributed by atoms with van der Waals surface area (Å²) in [6.45, 7) is 5.50. The predicted molar refractivity (Wildman–Crippen MR) is 58.5 cm³/mol. The summed E-state index contributed by atoms with van der Waals surface area (Å²) in [5, 5.41) is 0. The highest BCUT2D eigenvalue weighted by atomic mass is 16.7. The molecule has 0 N–H and O–H groups in total. The van der Waals surface area contributed by atoms with Gasteiger partial charge in [0.05, 0.1) is 39.6 Å². The largest absolute Gasteiger partial charge is 0.379 e. The van der Waals surface area contributed by atoms with Gasteiger partial charge in [0.25, 0.3) is 0 Å². The third-order valence-corrected chi connectivity index (χ3v) is 2.11. The topological polar surface area (TPSA) is 46.2 Å². The number of ether oxygens (including phenoxy) is 5. The number of rotatable bonds is 0. The van der Waals surface area contributed by atoms with Crippen LogP contribution in [-0.2, 0) is 23.7 Å². The molecule has 1 aliphatic heterocycles. The second-order valence-electron chi connectivity index (χ2n) is 3.48. The van der Waals surface area contributed by atoms with Crippen LogP contribution in [0.25, 0.3) is 0 Å². The summed E-state index contributed by atoms with van der Waals surface area (Å²) in [4.78, 5) is 0. The maximum atomic E-state index is 5.38. The average molecular weight is 234 g/mol. The Balaban J connectivity index is 2.00. The Morgan fingerprint density at radius 2 is 0.750 bits per heavy atom. The Labute approximate surface area is 97.0 Å². The first kappa shape index (κ1) is 13.9. The normalized spacial score (nSPS) is 24.0. The molecule has 0 spiro atoms. The van der Waals surface area contributed by atoms with Gasteiger partial charge in [0, 0.05) is 13.2 Å². The van der Waals surface area contributed by atoms with Gasteiger partial charge in [0.2, 0.25) is 0 Å². The molecule has 0 bridgehead atoms. The highest BCUT2D eigenvalue weighted by Crippen LogP contribution is 1.93. The summed E-state index contributed by atoms with van der Waals surface area (Å²) in [6.07, 6.45) is 2.02. The molecule has 1 aliphatic rings. The summed E-state index contributed by atoms with van der Waals surface area (Å²) in [5.74, 6) is 0. The molecule has 16 heavy (non-hydrogen) atoms. The van der Waals surface area contributed by atoms with E-state index in [0.717, 1.165) is 26.1 Å². The fourth-order valence-corrected chi connectivity index (χ4v) is 1.24. The van der Waals surface area contributed by atoms with Gasteiger partial charge < -0.3 is 23.7 Å². The molecular formula is C11H22O5. The Hall–Kier alpha value is -0.200. The molecule has 1 rings (SSSR count). The second kappa shape index (κ2) is 11.3. The second-order valence-corrected chi connectivity index (χ2v) is 3.48. The third kappa shape index (κ3) is 9.06. The van der Waals surface area contributed by atoms with Crippen LogP contribution in [0.4, 0.5) is 0 Å². The molecule has 5 nitrogen and oxygen atoms in total. The van der Waals surface area contributed by atoms with Crippen LogP contribution in [0.1, 0.15) is 12.8 Å². The molecule has 1 fully saturated rings. The minimum atomic E-state index is 0.348. The van der Waals surface area contributed by atoms with Crippen LogP contribution in [0, 0.1) is 0 Å². The van der Waals surface area contributed by atoms with Crippen molar-refractivity contribution >= 4 is 0 Å². The summed E-state index contributed by atoms with van der Waals surface area (Å²) < 4.78 is 26.5. The zero-order chi connectivity index (χ0) is 11.3. The van der Waals surface area contributed by atoms with Crippen LogP contribution in [0.3, 0.4) is 0 Å². The molecule has 5 heteroatoms. The van der Waals surface area contributed by atoms with E-state index in [1.165, 1.54) is 0 Å². The van der Waals surface area contributed by atoms with Crippen molar-refractivity contribution in [1.29, 1.82) is 0 Å². The lowest BCUT2D eigenvalue weighted by Crippen LogP contribution is -2.13. The minimum Gasteiger partial charge on any atom is -0.379 e. The zero-order valence-electron chi connectivity index (χ0n) is 9.82. The van der Waals surface area contributed by atoms with E-state index in [-0.39, 0.29) is 0 Å². The minimum absolute atomic E-state index is 0.348. The smallest absolute Gasteiger partial charge is 0.146 e. The first-order valence-corrected chi connectivity index (χ1v) is 5.89. The van der Waals surface area contributed by atoms with Crippen LogP contribution in [0.5, 0.6) is 0 Å². The van der Waals surface area contributed by atoms with E-state index in [9.17, 15) is 0 Å². The van der Waals surface area contributed by atoms with Crippen LogP contribution < -0.4 is 0 Å². The highest BCUT2D eigenvalue weighted by Gasteiger charge is 1.95. The first-order chi connectivity index (χ1) is 8.00. The van der Waals surface area contributed by atoms with Gasteiger partial charge in [-0.3, -0.25) is 0 Å².